The third-order valence-electron chi connectivity index (χ3n) is 1.93. The van der Waals surface area contributed by atoms with Crippen LogP contribution in [-0.4, -0.2) is 20.1 Å². The fourth-order valence-electron chi connectivity index (χ4n) is 1.17. The van der Waals surface area contributed by atoms with Gasteiger partial charge in [-0.05, 0) is 12.1 Å². The van der Waals surface area contributed by atoms with Crippen LogP contribution in [0.1, 0.15) is 17.4 Å². The molecule has 0 saturated carbocycles. The van der Waals surface area contributed by atoms with E-state index in [1.807, 2.05) is 0 Å². The predicted octanol–water partition coefficient (Wildman–Crippen LogP) is 1.09. The molecule has 2 heterocycles. The lowest BCUT2D eigenvalue weighted by Crippen LogP contribution is -2.03. The van der Waals surface area contributed by atoms with Crippen LogP contribution in [0.3, 0.4) is 0 Å². The number of pyridine rings is 1. The standard InChI is InChI=1S/C10H8FN3O/c11-8-1-2-9(14-5-8)10(15)7-3-12-6-13-4-7/h1-6,10,15H. The second-order valence-electron chi connectivity index (χ2n) is 2.98. The van der Waals surface area contributed by atoms with Gasteiger partial charge >= 0.3 is 0 Å². The van der Waals surface area contributed by atoms with E-state index in [1.165, 1.54) is 30.9 Å². The fraction of sp³-hybridized carbons (Fsp3) is 0.100. The Morgan fingerprint density at radius 2 is 1.87 bits per heavy atom. The monoisotopic (exact) mass is 205 g/mol. The smallest absolute Gasteiger partial charge is 0.141 e. The van der Waals surface area contributed by atoms with Crippen LogP contribution in [0.25, 0.3) is 0 Å². The van der Waals surface area contributed by atoms with E-state index in [0.29, 0.717) is 11.3 Å². The number of aliphatic hydroxyl groups excluding tert-OH is 1. The third kappa shape index (κ3) is 2.13. The summed E-state index contributed by atoms with van der Waals surface area (Å²) in [6.07, 6.45) is 4.48. The number of nitrogens with zero attached hydrogens (tertiary/aromatic N) is 3. The van der Waals surface area contributed by atoms with Gasteiger partial charge in [-0.2, -0.15) is 0 Å². The quantitative estimate of drug-likeness (QED) is 0.797. The molecule has 0 fully saturated rings. The zero-order valence-electron chi connectivity index (χ0n) is 7.71. The Bertz CT molecular complexity index is 432. The van der Waals surface area contributed by atoms with Gasteiger partial charge in [0.05, 0.1) is 11.9 Å². The molecule has 0 bridgehead atoms. The van der Waals surface area contributed by atoms with Crippen LogP contribution in [0.5, 0.6) is 0 Å². The van der Waals surface area contributed by atoms with Crippen molar-refractivity contribution in [1.29, 1.82) is 0 Å². The van der Waals surface area contributed by atoms with E-state index in [9.17, 15) is 9.50 Å². The van der Waals surface area contributed by atoms with Gasteiger partial charge in [0.25, 0.3) is 0 Å². The summed E-state index contributed by atoms with van der Waals surface area (Å²) in [5.41, 5.74) is 0.891. The molecule has 0 spiro atoms. The van der Waals surface area contributed by atoms with Gasteiger partial charge in [0.1, 0.15) is 18.2 Å². The Labute approximate surface area is 85.5 Å². The first-order chi connectivity index (χ1) is 7.27. The first kappa shape index (κ1) is 9.67. The molecule has 76 valence electrons. The SMILES string of the molecule is OC(c1cncnc1)c1ccc(F)cn1. The summed E-state index contributed by atoms with van der Waals surface area (Å²) in [6, 6.07) is 2.67. The average molecular weight is 205 g/mol. The summed E-state index contributed by atoms with van der Waals surface area (Å²) in [5, 5.41) is 9.82. The Kier molecular flexibility index (Phi) is 2.64. The second-order valence-corrected chi connectivity index (χ2v) is 2.98. The highest BCUT2D eigenvalue weighted by molar-refractivity contribution is 5.20. The maximum atomic E-state index is 12.6. The summed E-state index contributed by atoms with van der Waals surface area (Å²) in [7, 11) is 0. The summed E-state index contributed by atoms with van der Waals surface area (Å²) >= 11 is 0. The molecular formula is C10H8FN3O. The van der Waals surface area contributed by atoms with Crippen molar-refractivity contribution in [3.63, 3.8) is 0 Å². The molecule has 15 heavy (non-hydrogen) atoms. The van der Waals surface area contributed by atoms with Crippen LogP contribution in [0, 0.1) is 5.82 Å². The van der Waals surface area contributed by atoms with Crippen LogP contribution in [0.2, 0.25) is 0 Å². The molecule has 5 heteroatoms. The van der Waals surface area contributed by atoms with E-state index in [4.69, 9.17) is 0 Å². The minimum Gasteiger partial charge on any atom is -0.382 e. The van der Waals surface area contributed by atoms with E-state index >= 15 is 0 Å². The maximum absolute atomic E-state index is 12.6. The van der Waals surface area contributed by atoms with Crippen molar-refractivity contribution < 1.29 is 9.50 Å². The lowest BCUT2D eigenvalue weighted by molar-refractivity contribution is 0.214. The fourth-order valence-corrected chi connectivity index (χ4v) is 1.17. The number of rotatable bonds is 2. The third-order valence-corrected chi connectivity index (χ3v) is 1.93. The Morgan fingerprint density at radius 3 is 2.47 bits per heavy atom. The van der Waals surface area contributed by atoms with E-state index in [2.05, 4.69) is 15.0 Å². The average Bonchev–Trinajstić information content (AvgIpc) is 2.30. The number of aliphatic hydroxyl groups is 1. The van der Waals surface area contributed by atoms with Gasteiger partial charge in [0.15, 0.2) is 0 Å². The Hall–Kier alpha value is -1.88. The van der Waals surface area contributed by atoms with E-state index in [1.54, 1.807) is 0 Å². The highest BCUT2D eigenvalue weighted by Crippen LogP contribution is 2.17. The van der Waals surface area contributed by atoms with Gasteiger partial charge in [-0.1, -0.05) is 0 Å². The van der Waals surface area contributed by atoms with E-state index < -0.39 is 11.9 Å². The lowest BCUT2D eigenvalue weighted by Gasteiger charge is -2.08. The van der Waals surface area contributed by atoms with Crippen LogP contribution < -0.4 is 0 Å². The number of aromatic nitrogens is 3. The van der Waals surface area contributed by atoms with Gasteiger partial charge in [-0.3, -0.25) is 4.98 Å². The van der Waals surface area contributed by atoms with Crippen molar-refractivity contribution >= 4 is 0 Å². The largest absolute Gasteiger partial charge is 0.382 e. The molecule has 4 nitrogen and oxygen atoms in total. The molecule has 0 aliphatic rings. The van der Waals surface area contributed by atoms with Gasteiger partial charge in [-0.15, -0.1) is 0 Å². The lowest BCUT2D eigenvalue weighted by atomic mass is 10.1. The molecular weight excluding hydrogens is 197 g/mol. The zero-order valence-corrected chi connectivity index (χ0v) is 7.71. The molecule has 0 aliphatic heterocycles. The summed E-state index contributed by atoms with van der Waals surface area (Å²) < 4.78 is 12.6. The normalized spacial score (nSPS) is 12.4. The van der Waals surface area contributed by atoms with Gasteiger partial charge < -0.3 is 5.11 Å². The first-order valence-corrected chi connectivity index (χ1v) is 4.32. The first-order valence-electron chi connectivity index (χ1n) is 4.32. The molecule has 0 saturated heterocycles. The molecule has 0 radical (unpaired) electrons. The minimum absolute atomic E-state index is 0.367. The second kappa shape index (κ2) is 4.10. The molecule has 0 aliphatic carbocycles. The molecule has 2 aromatic heterocycles. The van der Waals surface area contributed by atoms with Gasteiger partial charge in [-0.25, -0.2) is 14.4 Å². The highest BCUT2D eigenvalue weighted by atomic mass is 19.1. The summed E-state index contributed by atoms with van der Waals surface area (Å²) in [5.74, 6) is -0.435. The van der Waals surface area contributed by atoms with Crippen LogP contribution in [0.15, 0.2) is 37.1 Å². The Morgan fingerprint density at radius 1 is 1.13 bits per heavy atom. The molecule has 1 unspecified atom stereocenters. The van der Waals surface area contributed by atoms with Crippen molar-refractivity contribution in [3.8, 4) is 0 Å². The molecule has 0 amide bonds. The van der Waals surface area contributed by atoms with E-state index in [-0.39, 0.29) is 0 Å². The zero-order chi connectivity index (χ0) is 10.7. The Balaban J connectivity index is 2.29. The maximum Gasteiger partial charge on any atom is 0.141 e. The van der Waals surface area contributed by atoms with Crippen molar-refractivity contribution in [1.82, 2.24) is 15.0 Å². The number of hydrogen-bond donors (Lipinski definition) is 1. The topological polar surface area (TPSA) is 58.9 Å². The van der Waals surface area contributed by atoms with Crippen molar-refractivity contribution in [3.05, 3.63) is 54.1 Å². The summed E-state index contributed by atoms with van der Waals surface area (Å²) in [6.45, 7) is 0. The minimum atomic E-state index is -0.924. The van der Waals surface area contributed by atoms with Crippen molar-refractivity contribution in [2.45, 2.75) is 6.10 Å². The van der Waals surface area contributed by atoms with E-state index in [0.717, 1.165) is 6.20 Å². The molecule has 1 atom stereocenters. The summed E-state index contributed by atoms with van der Waals surface area (Å²) in [4.78, 5) is 11.3. The van der Waals surface area contributed by atoms with Crippen LogP contribution in [0.4, 0.5) is 4.39 Å². The van der Waals surface area contributed by atoms with Gasteiger partial charge in [0, 0.05) is 18.0 Å². The van der Waals surface area contributed by atoms with Crippen LogP contribution >= 0.6 is 0 Å². The molecule has 2 rings (SSSR count). The van der Waals surface area contributed by atoms with Crippen molar-refractivity contribution in [2.24, 2.45) is 0 Å². The van der Waals surface area contributed by atoms with Gasteiger partial charge in [0.2, 0.25) is 0 Å². The highest BCUT2D eigenvalue weighted by Gasteiger charge is 2.11. The molecule has 2 aromatic rings. The molecule has 0 aromatic carbocycles. The van der Waals surface area contributed by atoms with Crippen molar-refractivity contribution in [2.75, 3.05) is 0 Å². The number of hydrogen-bond acceptors (Lipinski definition) is 4. The number of halogens is 1. The van der Waals surface area contributed by atoms with Crippen LogP contribution in [-0.2, 0) is 0 Å². The predicted molar refractivity (Wildman–Crippen MR) is 50.3 cm³/mol. The molecule has 1 N–H and O–H groups in total.